The van der Waals surface area contributed by atoms with Gasteiger partial charge in [-0.3, -0.25) is 4.79 Å². The van der Waals surface area contributed by atoms with Crippen LogP contribution in [0.3, 0.4) is 0 Å². The summed E-state index contributed by atoms with van der Waals surface area (Å²) in [5.74, 6) is -1.39. The minimum atomic E-state index is -1.02. The molecule has 2 amide bonds. The van der Waals surface area contributed by atoms with Gasteiger partial charge in [-0.05, 0) is 46.9 Å². The number of nitrogens with one attached hydrogen (secondary N) is 2. The molecule has 7 nitrogen and oxygen atoms in total. The van der Waals surface area contributed by atoms with Gasteiger partial charge >= 0.3 is 12.1 Å². The summed E-state index contributed by atoms with van der Waals surface area (Å²) in [5.41, 5.74) is 4.65. The molecule has 2 aromatic rings. The number of aliphatic carboxylic acids is 1. The number of carbonyl (C=O) groups excluding carboxylic acids is 2. The van der Waals surface area contributed by atoms with Crippen LogP contribution >= 0.6 is 0 Å². The predicted octanol–water partition coefficient (Wildman–Crippen LogP) is 3.78. The largest absolute Gasteiger partial charge is 0.480 e. The average molecular weight is 451 g/mol. The second-order valence-corrected chi connectivity index (χ2v) is 9.34. The van der Waals surface area contributed by atoms with Crippen molar-refractivity contribution in [2.24, 2.45) is 17.8 Å². The van der Waals surface area contributed by atoms with Crippen LogP contribution in [0.5, 0.6) is 0 Å². The Morgan fingerprint density at radius 1 is 1.03 bits per heavy atom. The zero-order valence-electron chi connectivity index (χ0n) is 18.9. The summed E-state index contributed by atoms with van der Waals surface area (Å²) >= 11 is 0. The van der Waals surface area contributed by atoms with Crippen LogP contribution in [0.25, 0.3) is 11.1 Å². The summed E-state index contributed by atoms with van der Waals surface area (Å²) in [7, 11) is 0. The molecule has 0 saturated heterocycles. The van der Waals surface area contributed by atoms with E-state index in [-0.39, 0.29) is 36.2 Å². The van der Waals surface area contributed by atoms with Gasteiger partial charge in [-0.15, -0.1) is 0 Å². The number of carboxylic acid groups (broad SMARTS) is 1. The molecule has 0 spiro atoms. The smallest absolute Gasteiger partial charge is 0.407 e. The molecule has 0 heterocycles. The SMILES string of the molecule is CC(C)C[C@@H](NC(=O)[C@H]1C[C@H]1CNC(=O)OCC1c2ccccc2-c2ccccc21)C(=O)O. The topological polar surface area (TPSA) is 105 Å². The minimum absolute atomic E-state index is 0.000947. The molecule has 3 atom stereocenters. The summed E-state index contributed by atoms with van der Waals surface area (Å²) < 4.78 is 5.53. The first-order valence-corrected chi connectivity index (χ1v) is 11.5. The first-order valence-electron chi connectivity index (χ1n) is 11.5. The Kier molecular flexibility index (Phi) is 6.67. The predicted molar refractivity (Wildman–Crippen MR) is 124 cm³/mol. The van der Waals surface area contributed by atoms with E-state index in [4.69, 9.17) is 4.74 Å². The van der Waals surface area contributed by atoms with E-state index in [1.54, 1.807) is 0 Å². The number of ether oxygens (including phenoxy) is 1. The van der Waals surface area contributed by atoms with Crippen molar-refractivity contribution in [1.29, 1.82) is 0 Å². The van der Waals surface area contributed by atoms with E-state index in [0.717, 1.165) is 11.1 Å². The number of carbonyl (C=O) groups is 3. The van der Waals surface area contributed by atoms with Crippen molar-refractivity contribution < 1.29 is 24.2 Å². The maximum atomic E-state index is 12.4. The molecule has 33 heavy (non-hydrogen) atoms. The van der Waals surface area contributed by atoms with Crippen molar-refractivity contribution in [3.8, 4) is 11.1 Å². The first kappa shape index (κ1) is 22.8. The number of hydrogen-bond acceptors (Lipinski definition) is 4. The van der Waals surface area contributed by atoms with Gasteiger partial charge in [-0.25, -0.2) is 9.59 Å². The third-order valence-electron chi connectivity index (χ3n) is 6.43. The van der Waals surface area contributed by atoms with Crippen molar-refractivity contribution >= 4 is 18.0 Å². The van der Waals surface area contributed by atoms with Crippen LogP contribution in [-0.2, 0) is 14.3 Å². The lowest BCUT2D eigenvalue weighted by molar-refractivity contribution is -0.142. The van der Waals surface area contributed by atoms with Gasteiger partial charge in [0, 0.05) is 18.4 Å². The zero-order valence-corrected chi connectivity index (χ0v) is 18.9. The van der Waals surface area contributed by atoms with Crippen LogP contribution in [0, 0.1) is 17.8 Å². The molecule has 4 rings (SSSR count). The van der Waals surface area contributed by atoms with Crippen LogP contribution in [0.15, 0.2) is 48.5 Å². The molecule has 0 aliphatic heterocycles. The standard InChI is InChI=1S/C26H30N2O5/c1-15(2)11-23(25(30)31)28-24(29)21-12-16(21)13-27-26(32)33-14-22-19-9-5-3-7-17(19)18-8-4-6-10-20(18)22/h3-10,15-16,21-23H,11-14H2,1-2H3,(H,27,32)(H,28,29)(H,30,31)/t16-,21-,23+/m0/s1. The number of rotatable bonds is 9. The Balaban J connectivity index is 1.24. The monoisotopic (exact) mass is 450 g/mol. The maximum absolute atomic E-state index is 12.4. The van der Waals surface area contributed by atoms with E-state index in [2.05, 4.69) is 34.9 Å². The second-order valence-electron chi connectivity index (χ2n) is 9.34. The number of amides is 2. The average Bonchev–Trinajstić information content (AvgIpc) is 3.51. The molecule has 174 valence electrons. The highest BCUT2D eigenvalue weighted by molar-refractivity contribution is 5.86. The Bertz CT molecular complexity index is 1000. The summed E-state index contributed by atoms with van der Waals surface area (Å²) in [5, 5.41) is 14.7. The highest BCUT2D eigenvalue weighted by Gasteiger charge is 2.44. The van der Waals surface area contributed by atoms with E-state index in [0.29, 0.717) is 19.4 Å². The Labute approximate surface area is 193 Å². The fourth-order valence-electron chi connectivity index (χ4n) is 4.63. The van der Waals surface area contributed by atoms with Crippen LogP contribution in [-0.4, -0.2) is 42.3 Å². The third-order valence-corrected chi connectivity index (χ3v) is 6.43. The molecule has 1 fully saturated rings. The van der Waals surface area contributed by atoms with Crippen LogP contribution < -0.4 is 10.6 Å². The lowest BCUT2D eigenvalue weighted by atomic mass is 9.98. The second kappa shape index (κ2) is 9.65. The molecule has 3 N–H and O–H groups in total. The lowest BCUT2D eigenvalue weighted by Crippen LogP contribution is -2.42. The minimum Gasteiger partial charge on any atom is -0.480 e. The number of hydrogen-bond donors (Lipinski definition) is 3. The highest BCUT2D eigenvalue weighted by atomic mass is 16.5. The molecule has 0 unspecified atom stereocenters. The van der Waals surface area contributed by atoms with Crippen molar-refractivity contribution in [1.82, 2.24) is 10.6 Å². The molecule has 7 heteroatoms. The maximum Gasteiger partial charge on any atom is 0.407 e. The van der Waals surface area contributed by atoms with Crippen LogP contribution in [0.1, 0.15) is 43.7 Å². The zero-order chi connectivity index (χ0) is 23.5. The van der Waals surface area contributed by atoms with Crippen molar-refractivity contribution in [2.75, 3.05) is 13.2 Å². The summed E-state index contributed by atoms with van der Waals surface area (Å²) in [6.07, 6.45) is 0.506. The van der Waals surface area contributed by atoms with E-state index in [9.17, 15) is 19.5 Å². The van der Waals surface area contributed by atoms with Gasteiger partial charge in [0.2, 0.25) is 5.91 Å². The van der Waals surface area contributed by atoms with Gasteiger partial charge in [0.1, 0.15) is 12.6 Å². The molecule has 2 aliphatic carbocycles. The third kappa shape index (κ3) is 5.18. The normalized spacial score (nSPS) is 19.4. The molecule has 0 bridgehead atoms. The molecule has 0 radical (unpaired) electrons. The van der Waals surface area contributed by atoms with Gasteiger partial charge in [0.15, 0.2) is 0 Å². The highest BCUT2D eigenvalue weighted by Crippen LogP contribution is 2.44. The van der Waals surface area contributed by atoms with Crippen LogP contribution in [0.4, 0.5) is 4.79 Å². The van der Waals surface area contributed by atoms with Crippen LogP contribution in [0.2, 0.25) is 0 Å². The molecular formula is C26H30N2O5. The number of fused-ring (bicyclic) bond motifs is 3. The first-order chi connectivity index (χ1) is 15.8. The summed E-state index contributed by atoms with van der Waals surface area (Å²) in [4.78, 5) is 36.0. The quantitative estimate of drug-likeness (QED) is 0.539. The van der Waals surface area contributed by atoms with E-state index in [1.807, 2.05) is 38.1 Å². The summed E-state index contributed by atoms with van der Waals surface area (Å²) in [6, 6.07) is 15.4. The Hall–Kier alpha value is -3.35. The fraction of sp³-hybridized carbons (Fsp3) is 0.423. The molecular weight excluding hydrogens is 420 g/mol. The van der Waals surface area contributed by atoms with E-state index >= 15 is 0 Å². The molecule has 2 aromatic carbocycles. The van der Waals surface area contributed by atoms with Crippen molar-refractivity contribution in [2.45, 2.75) is 38.6 Å². The van der Waals surface area contributed by atoms with E-state index < -0.39 is 18.1 Å². The van der Waals surface area contributed by atoms with Gasteiger partial charge in [-0.1, -0.05) is 62.4 Å². The Morgan fingerprint density at radius 2 is 1.64 bits per heavy atom. The molecule has 0 aromatic heterocycles. The lowest BCUT2D eigenvalue weighted by Gasteiger charge is -2.16. The van der Waals surface area contributed by atoms with Gasteiger partial charge in [0.05, 0.1) is 0 Å². The fourth-order valence-corrected chi connectivity index (χ4v) is 4.63. The van der Waals surface area contributed by atoms with Crippen molar-refractivity contribution in [3.63, 3.8) is 0 Å². The van der Waals surface area contributed by atoms with Crippen molar-refractivity contribution in [3.05, 3.63) is 59.7 Å². The molecule has 2 aliphatic rings. The number of alkyl carbamates (subject to hydrolysis) is 1. The number of benzene rings is 2. The molecule has 1 saturated carbocycles. The van der Waals surface area contributed by atoms with Gasteiger partial charge in [-0.2, -0.15) is 0 Å². The summed E-state index contributed by atoms with van der Waals surface area (Å²) in [6.45, 7) is 4.40. The van der Waals surface area contributed by atoms with E-state index in [1.165, 1.54) is 11.1 Å². The van der Waals surface area contributed by atoms with Gasteiger partial charge < -0.3 is 20.5 Å². The Morgan fingerprint density at radius 3 is 2.21 bits per heavy atom. The number of carboxylic acids is 1. The van der Waals surface area contributed by atoms with Gasteiger partial charge in [0.25, 0.3) is 0 Å².